The standard InChI is InChI=1S/C15H21FN4/c1-3-11(4-2)15-14(9-17)18-19-20(15)10-12-7-5-6-8-13(12)16/h5-8,11H,3-4,9-10,17H2,1-2H3. The summed E-state index contributed by atoms with van der Waals surface area (Å²) in [5.74, 6) is 0.142. The molecule has 0 aliphatic carbocycles. The molecule has 0 amide bonds. The fourth-order valence-corrected chi connectivity index (χ4v) is 2.53. The summed E-state index contributed by atoms with van der Waals surface area (Å²) < 4.78 is 15.6. The van der Waals surface area contributed by atoms with Crippen molar-refractivity contribution in [1.82, 2.24) is 15.0 Å². The predicted octanol–water partition coefficient (Wildman–Crippen LogP) is 2.83. The van der Waals surface area contributed by atoms with Gasteiger partial charge >= 0.3 is 0 Å². The molecule has 0 atom stereocenters. The van der Waals surface area contributed by atoms with Gasteiger partial charge in [-0.3, -0.25) is 0 Å². The molecule has 2 aromatic rings. The van der Waals surface area contributed by atoms with Crippen LogP contribution in [0.5, 0.6) is 0 Å². The average molecular weight is 276 g/mol. The second-order valence-corrected chi connectivity index (χ2v) is 4.89. The first-order valence-electron chi connectivity index (χ1n) is 7.06. The van der Waals surface area contributed by atoms with Gasteiger partial charge in [-0.15, -0.1) is 5.10 Å². The topological polar surface area (TPSA) is 56.7 Å². The summed E-state index contributed by atoms with van der Waals surface area (Å²) in [5.41, 5.74) is 8.22. The Labute approximate surface area is 118 Å². The second kappa shape index (κ2) is 6.61. The van der Waals surface area contributed by atoms with Crippen LogP contribution in [0.15, 0.2) is 24.3 Å². The van der Waals surface area contributed by atoms with Crippen LogP contribution in [0.1, 0.15) is 49.6 Å². The number of nitrogens with zero attached hydrogens (tertiary/aromatic N) is 3. The van der Waals surface area contributed by atoms with Gasteiger partial charge < -0.3 is 5.73 Å². The Morgan fingerprint density at radius 3 is 2.55 bits per heavy atom. The van der Waals surface area contributed by atoms with E-state index in [0.717, 1.165) is 24.2 Å². The lowest BCUT2D eigenvalue weighted by molar-refractivity contribution is 0.525. The van der Waals surface area contributed by atoms with Gasteiger partial charge in [0.15, 0.2) is 0 Å². The number of nitrogens with two attached hydrogens (primary N) is 1. The highest BCUT2D eigenvalue weighted by atomic mass is 19.1. The summed E-state index contributed by atoms with van der Waals surface area (Å²) in [4.78, 5) is 0. The van der Waals surface area contributed by atoms with Gasteiger partial charge in [-0.1, -0.05) is 37.3 Å². The third-order valence-corrected chi connectivity index (χ3v) is 3.69. The molecule has 0 spiro atoms. The molecule has 1 heterocycles. The molecule has 0 radical (unpaired) electrons. The maximum atomic E-state index is 13.8. The van der Waals surface area contributed by atoms with Gasteiger partial charge in [0, 0.05) is 18.0 Å². The lowest BCUT2D eigenvalue weighted by Gasteiger charge is -2.16. The van der Waals surface area contributed by atoms with Crippen LogP contribution in [0.3, 0.4) is 0 Å². The molecule has 0 fully saturated rings. The average Bonchev–Trinajstić information content (AvgIpc) is 2.86. The first kappa shape index (κ1) is 14.7. The molecule has 1 aromatic heterocycles. The molecule has 0 aliphatic rings. The van der Waals surface area contributed by atoms with Crippen LogP contribution in [-0.4, -0.2) is 15.0 Å². The summed E-state index contributed by atoms with van der Waals surface area (Å²) in [7, 11) is 0. The number of halogens is 1. The van der Waals surface area contributed by atoms with Gasteiger partial charge in [0.2, 0.25) is 0 Å². The van der Waals surface area contributed by atoms with Crippen molar-refractivity contribution in [2.75, 3.05) is 0 Å². The molecule has 2 N–H and O–H groups in total. The van der Waals surface area contributed by atoms with Gasteiger partial charge in [0.05, 0.1) is 17.9 Å². The van der Waals surface area contributed by atoms with Crippen molar-refractivity contribution in [2.24, 2.45) is 5.73 Å². The third-order valence-electron chi connectivity index (χ3n) is 3.69. The Hall–Kier alpha value is -1.75. The third kappa shape index (κ3) is 2.88. The van der Waals surface area contributed by atoms with E-state index in [2.05, 4.69) is 24.2 Å². The van der Waals surface area contributed by atoms with E-state index in [1.807, 2.05) is 6.07 Å². The highest BCUT2D eigenvalue weighted by Crippen LogP contribution is 2.25. The Morgan fingerprint density at radius 2 is 1.95 bits per heavy atom. The quantitative estimate of drug-likeness (QED) is 0.882. The molecule has 0 bridgehead atoms. The monoisotopic (exact) mass is 276 g/mol. The van der Waals surface area contributed by atoms with Crippen LogP contribution >= 0.6 is 0 Å². The predicted molar refractivity (Wildman–Crippen MR) is 76.7 cm³/mol. The van der Waals surface area contributed by atoms with Gasteiger partial charge in [-0.25, -0.2) is 9.07 Å². The van der Waals surface area contributed by atoms with Gasteiger partial charge in [-0.2, -0.15) is 0 Å². The van der Waals surface area contributed by atoms with E-state index < -0.39 is 0 Å². The molecule has 0 saturated heterocycles. The van der Waals surface area contributed by atoms with E-state index in [-0.39, 0.29) is 5.82 Å². The van der Waals surface area contributed by atoms with Crippen molar-refractivity contribution in [3.8, 4) is 0 Å². The molecule has 4 nitrogen and oxygen atoms in total. The van der Waals surface area contributed by atoms with E-state index in [1.165, 1.54) is 6.07 Å². The molecule has 5 heteroatoms. The van der Waals surface area contributed by atoms with Crippen LogP contribution in [0.2, 0.25) is 0 Å². The number of aromatic nitrogens is 3. The maximum Gasteiger partial charge on any atom is 0.128 e. The minimum absolute atomic E-state index is 0.215. The number of rotatable bonds is 6. The van der Waals surface area contributed by atoms with Crippen LogP contribution < -0.4 is 5.73 Å². The van der Waals surface area contributed by atoms with Crippen LogP contribution in [0, 0.1) is 5.82 Å². The molecular formula is C15H21FN4. The van der Waals surface area contributed by atoms with E-state index in [0.29, 0.717) is 24.6 Å². The fraction of sp³-hybridized carbons (Fsp3) is 0.467. The number of benzene rings is 1. The highest BCUT2D eigenvalue weighted by molar-refractivity contribution is 5.21. The van der Waals surface area contributed by atoms with E-state index in [9.17, 15) is 4.39 Å². The summed E-state index contributed by atoms with van der Waals surface area (Å²) in [6.07, 6.45) is 1.99. The minimum atomic E-state index is -0.215. The normalized spacial score (nSPS) is 11.2. The van der Waals surface area contributed by atoms with Crippen molar-refractivity contribution in [3.63, 3.8) is 0 Å². The van der Waals surface area contributed by atoms with Crippen molar-refractivity contribution in [1.29, 1.82) is 0 Å². The Balaban J connectivity index is 2.37. The molecule has 0 unspecified atom stereocenters. The van der Waals surface area contributed by atoms with Crippen LogP contribution in [0.25, 0.3) is 0 Å². The van der Waals surface area contributed by atoms with E-state index >= 15 is 0 Å². The lowest BCUT2D eigenvalue weighted by atomic mass is 9.97. The maximum absolute atomic E-state index is 13.8. The zero-order chi connectivity index (χ0) is 14.5. The Bertz CT molecular complexity index is 561. The van der Waals surface area contributed by atoms with Gasteiger partial charge in [0.25, 0.3) is 0 Å². The lowest BCUT2D eigenvalue weighted by Crippen LogP contribution is -2.13. The fourth-order valence-electron chi connectivity index (χ4n) is 2.53. The molecule has 0 saturated carbocycles. The number of hydrogen-bond donors (Lipinski definition) is 1. The summed E-state index contributed by atoms with van der Waals surface area (Å²) in [6, 6.07) is 6.76. The molecule has 108 valence electrons. The SMILES string of the molecule is CCC(CC)c1c(CN)nnn1Cc1ccccc1F. The van der Waals surface area contributed by atoms with Crippen molar-refractivity contribution >= 4 is 0 Å². The van der Waals surface area contributed by atoms with Crippen LogP contribution in [-0.2, 0) is 13.1 Å². The smallest absolute Gasteiger partial charge is 0.128 e. The first-order valence-corrected chi connectivity index (χ1v) is 7.06. The second-order valence-electron chi connectivity index (χ2n) is 4.89. The molecule has 1 aromatic carbocycles. The largest absolute Gasteiger partial charge is 0.325 e. The van der Waals surface area contributed by atoms with Crippen LogP contribution in [0.4, 0.5) is 4.39 Å². The van der Waals surface area contributed by atoms with Gasteiger partial charge in [-0.05, 0) is 18.9 Å². The summed E-state index contributed by atoms with van der Waals surface area (Å²) >= 11 is 0. The van der Waals surface area contributed by atoms with Crippen molar-refractivity contribution < 1.29 is 4.39 Å². The summed E-state index contributed by atoms with van der Waals surface area (Å²) in [6.45, 7) is 5.03. The molecular weight excluding hydrogens is 255 g/mol. The first-order chi connectivity index (χ1) is 9.71. The number of hydrogen-bond acceptors (Lipinski definition) is 3. The zero-order valence-electron chi connectivity index (χ0n) is 12.0. The molecule has 0 aliphatic heterocycles. The van der Waals surface area contributed by atoms with E-state index in [4.69, 9.17) is 5.73 Å². The Kier molecular flexibility index (Phi) is 4.84. The Morgan fingerprint density at radius 1 is 1.25 bits per heavy atom. The molecule has 2 rings (SSSR count). The zero-order valence-corrected chi connectivity index (χ0v) is 12.0. The molecule has 20 heavy (non-hydrogen) atoms. The van der Waals surface area contributed by atoms with Gasteiger partial charge in [0.1, 0.15) is 5.82 Å². The minimum Gasteiger partial charge on any atom is -0.325 e. The van der Waals surface area contributed by atoms with Crippen molar-refractivity contribution in [2.45, 2.75) is 45.7 Å². The highest BCUT2D eigenvalue weighted by Gasteiger charge is 2.19. The van der Waals surface area contributed by atoms with Crippen molar-refractivity contribution in [3.05, 3.63) is 47.0 Å². The van der Waals surface area contributed by atoms with E-state index in [1.54, 1.807) is 16.8 Å². The summed E-state index contributed by atoms with van der Waals surface area (Å²) in [5, 5.41) is 8.30.